The molecule has 6 N–H and O–H groups in total. The quantitative estimate of drug-likeness (QED) is 0.103. The first kappa shape index (κ1) is 27.9. The lowest BCUT2D eigenvalue weighted by molar-refractivity contribution is -0.142. The summed E-state index contributed by atoms with van der Waals surface area (Å²) in [4.78, 5) is 53.2. The Hall–Kier alpha value is -4.34. The van der Waals surface area contributed by atoms with E-state index in [0.717, 1.165) is 7.11 Å². The Bertz CT molecular complexity index is 1210. The van der Waals surface area contributed by atoms with Gasteiger partial charge in [0.05, 0.1) is 35.0 Å². The summed E-state index contributed by atoms with van der Waals surface area (Å²) in [6.45, 7) is -0.757. The summed E-state index contributed by atoms with van der Waals surface area (Å²) < 4.78 is 4.67. The standard InChI is InChI=1S/C22H21Cl2N7O5/c1-36-21(35)16(31-20(34)18-14(23)6-3-7-15(18)24)9-27-17(32)10-28-19(33)12-4-2-5-13(8-12)30-22(26)29-11-25/h2-8,16H,9-10H2,1H3,(H,27,32)(H,28,33)(H,31,34)(H3,26,29,30). The molecule has 1 unspecified atom stereocenters. The number of nitrogens with two attached hydrogens (primary N) is 1. The molecule has 2 rings (SSSR count). The van der Waals surface area contributed by atoms with E-state index in [1.54, 1.807) is 24.4 Å². The number of nitriles is 1. The molecular weight excluding hydrogens is 513 g/mol. The van der Waals surface area contributed by atoms with Crippen molar-refractivity contribution in [2.75, 3.05) is 20.2 Å². The number of nitrogens with zero attached hydrogens (tertiary/aromatic N) is 2. The summed E-state index contributed by atoms with van der Waals surface area (Å²) in [5.74, 6) is -2.94. The first-order valence-electron chi connectivity index (χ1n) is 10.1. The SMILES string of the molecule is COC(=O)C(CNC(=O)CNC(=O)c1cccc(N=C(N)NC#N)c1)NC(=O)c1c(Cl)cccc1Cl. The van der Waals surface area contributed by atoms with E-state index >= 15 is 0 Å². The summed E-state index contributed by atoms with van der Waals surface area (Å²) >= 11 is 12.0. The maximum absolute atomic E-state index is 12.6. The number of carbonyl (C=O) groups excluding carboxylic acids is 4. The van der Waals surface area contributed by atoms with Gasteiger partial charge in [-0.25, -0.2) is 9.79 Å². The molecule has 0 bridgehead atoms. The maximum Gasteiger partial charge on any atom is 0.330 e. The van der Waals surface area contributed by atoms with Gasteiger partial charge >= 0.3 is 5.97 Å². The van der Waals surface area contributed by atoms with E-state index < -0.39 is 36.3 Å². The third-order valence-corrected chi connectivity index (χ3v) is 5.07. The van der Waals surface area contributed by atoms with Crippen LogP contribution in [-0.2, 0) is 14.3 Å². The Labute approximate surface area is 215 Å². The van der Waals surface area contributed by atoms with E-state index in [0.29, 0.717) is 5.69 Å². The van der Waals surface area contributed by atoms with E-state index in [9.17, 15) is 19.2 Å². The van der Waals surface area contributed by atoms with Gasteiger partial charge in [-0.05, 0) is 30.3 Å². The maximum atomic E-state index is 12.6. The highest BCUT2D eigenvalue weighted by molar-refractivity contribution is 6.39. The smallest absolute Gasteiger partial charge is 0.330 e. The van der Waals surface area contributed by atoms with Crippen LogP contribution in [0.2, 0.25) is 10.0 Å². The highest BCUT2D eigenvalue weighted by atomic mass is 35.5. The van der Waals surface area contributed by atoms with Gasteiger partial charge < -0.3 is 26.4 Å². The fourth-order valence-corrected chi connectivity index (χ4v) is 3.33. The molecule has 188 valence electrons. The molecule has 0 spiro atoms. The van der Waals surface area contributed by atoms with Crippen molar-refractivity contribution >= 4 is 58.5 Å². The zero-order chi connectivity index (χ0) is 26.7. The van der Waals surface area contributed by atoms with Crippen LogP contribution in [0.25, 0.3) is 0 Å². The number of ether oxygens (including phenoxy) is 1. The van der Waals surface area contributed by atoms with Crippen LogP contribution in [0, 0.1) is 11.5 Å². The van der Waals surface area contributed by atoms with Gasteiger partial charge in [0.1, 0.15) is 6.04 Å². The highest BCUT2D eigenvalue weighted by Gasteiger charge is 2.25. The molecule has 12 nitrogen and oxygen atoms in total. The number of esters is 1. The summed E-state index contributed by atoms with van der Waals surface area (Å²) in [5, 5.41) is 18.1. The van der Waals surface area contributed by atoms with Crippen molar-refractivity contribution in [3.05, 3.63) is 63.6 Å². The predicted molar refractivity (Wildman–Crippen MR) is 132 cm³/mol. The van der Waals surface area contributed by atoms with Crippen LogP contribution in [0.15, 0.2) is 47.5 Å². The number of aliphatic imine (C=N–C) groups is 1. The first-order chi connectivity index (χ1) is 17.2. The van der Waals surface area contributed by atoms with Gasteiger partial charge in [0, 0.05) is 12.1 Å². The van der Waals surface area contributed by atoms with Gasteiger partial charge in [-0.15, -0.1) is 0 Å². The largest absolute Gasteiger partial charge is 0.467 e. The summed E-state index contributed by atoms with van der Waals surface area (Å²) in [7, 11) is 1.12. The van der Waals surface area contributed by atoms with E-state index in [4.69, 9.17) is 34.2 Å². The summed E-state index contributed by atoms with van der Waals surface area (Å²) in [6.07, 6.45) is 1.62. The van der Waals surface area contributed by atoms with Crippen LogP contribution in [0.5, 0.6) is 0 Å². The van der Waals surface area contributed by atoms with Crippen molar-refractivity contribution in [2.45, 2.75) is 6.04 Å². The van der Waals surface area contributed by atoms with Crippen LogP contribution >= 0.6 is 23.2 Å². The molecule has 2 aromatic rings. The highest BCUT2D eigenvalue weighted by Crippen LogP contribution is 2.24. The van der Waals surface area contributed by atoms with Gasteiger partial charge in [0.25, 0.3) is 11.8 Å². The molecule has 0 saturated carbocycles. The third kappa shape index (κ3) is 8.15. The molecule has 0 heterocycles. The molecule has 0 fully saturated rings. The van der Waals surface area contributed by atoms with Crippen LogP contribution in [0.1, 0.15) is 20.7 Å². The molecule has 0 aliphatic heterocycles. The fraction of sp³-hybridized carbons (Fsp3) is 0.182. The molecule has 0 aromatic heterocycles. The summed E-state index contributed by atoms with van der Waals surface area (Å²) in [5.41, 5.74) is 5.95. The van der Waals surface area contributed by atoms with E-state index in [2.05, 4.69) is 31.0 Å². The second-order valence-corrected chi connectivity index (χ2v) is 7.73. The van der Waals surface area contributed by atoms with Crippen LogP contribution in [0.3, 0.4) is 0 Å². The molecule has 2 aromatic carbocycles. The lowest BCUT2D eigenvalue weighted by Crippen LogP contribution is -2.50. The van der Waals surface area contributed by atoms with Gasteiger partial charge in [-0.1, -0.05) is 35.3 Å². The van der Waals surface area contributed by atoms with Crippen LogP contribution < -0.4 is 27.0 Å². The number of hydrogen-bond acceptors (Lipinski definition) is 7. The van der Waals surface area contributed by atoms with Crippen LogP contribution in [0.4, 0.5) is 5.69 Å². The van der Waals surface area contributed by atoms with E-state index in [1.165, 1.54) is 24.3 Å². The average Bonchev–Trinajstić information content (AvgIpc) is 2.84. The molecule has 0 aliphatic rings. The fourth-order valence-electron chi connectivity index (χ4n) is 2.76. The van der Waals surface area contributed by atoms with Gasteiger partial charge in [0.15, 0.2) is 6.19 Å². The number of hydrogen-bond donors (Lipinski definition) is 5. The normalized spacial score (nSPS) is 11.4. The Kier molecular flexibility index (Phi) is 10.5. The zero-order valence-electron chi connectivity index (χ0n) is 18.8. The second kappa shape index (κ2) is 13.5. The minimum Gasteiger partial charge on any atom is -0.467 e. The molecule has 36 heavy (non-hydrogen) atoms. The zero-order valence-corrected chi connectivity index (χ0v) is 20.3. The molecule has 0 aliphatic carbocycles. The van der Waals surface area contributed by atoms with Crippen molar-refractivity contribution in [2.24, 2.45) is 10.7 Å². The lowest BCUT2D eigenvalue weighted by atomic mass is 10.2. The number of benzene rings is 2. The molecule has 1 atom stereocenters. The topological polar surface area (TPSA) is 188 Å². The summed E-state index contributed by atoms with van der Waals surface area (Å²) in [6, 6.07) is 9.22. The van der Waals surface area contributed by atoms with Gasteiger partial charge in [-0.3, -0.25) is 19.7 Å². The minimum atomic E-state index is -1.25. The number of halogens is 2. The molecule has 0 radical (unpaired) electrons. The number of nitrogens with one attached hydrogen (secondary N) is 4. The van der Waals surface area contributed by atoms with Crippen LogP contribution in [-0.4, -0.2) is 55.9 Å². The molecular formula is C22H21Cl2N7O5. The van der Waals surface area contributed by atoms with E-state index in [1.807, 2.05) is 0 Å². The average molecular weight is 534 g/mol. The van der Waals surface area contributed by atoms with Crippen molar-refractivity contribution < 1.29 is 23.9 Å². The predicted octanol–water partition coefficient (Wildman–Crippen LogP) is 0.828. The van der Waals surface area contributed by atoms with Gasteiger partial charge in [-0.2, -0.15) is 5.26 Å². The van der Waals surface area contributed by atoms with E-state index in [-0.39, 0.29) is 33.7 Å². The Morgan fingerprint density at radius 1 is 1.08 bits per heavy atom. The third-order valence-electron chi connectivity index (χ3n) is 4.44. The number of methoxy groups -OCH3 is 1. The van der Waals surface area contributed by atoms with Crippen molar-refractivity contribution in [1.29, 1.82) is 5.26 Å². The second-order valence-electron chi connectivity index (χ2n) is 6.92. The van der Waals surface area contributed by atoms with Crippen molar-refractivity contribution in [3.8, 4) is 6.19 Å². The van der Waals surface area contributed by atoms with Gasteiger partial charge in [0.2, 0.25) is 11.9 Å². The molecule has 0 saturated heterocycles. The lowest BCUT2D eigenvalue weighted by Gasteiger charge is -2.18. The molecule has 3 amide bonds. The Morgan fingerprint density at radius 2 is 1.75 bits per heavy atom. The number of amides is 3. The first-order valence-corrected chi connectivity index (χ1v) is 10.9. The number of rotatable bonds is 9. The Balaban J connectivity index is 1.95. The van der Waals surface area contributed by atoms with Crippen molar-refractivity contribution in [1.82, 2.24) is 21.3 Å². The molecule has 14 heteroatoms. The Morgan fingerprint density at radius 3 is 2.39 bits per heavy atom. The minimum absolute atomic E-state index is 0.0370. The monoisotopic (exact) mass is 533 g/mol. The number of guanidine groups is 1. The number of carbonyl (C=O) groups is 4. The van der Waals surface area contributed by atoms with Crippen molar-refractivity contribution in [3.63, 3.8) is 0 Å².